The summed E-state index contributed by atoms with van der Waals surface area (Å²) in [4.78, 5) is 0. The molecule has 1 atom stereocenters. The molecule has 0 saturated carbocycles. The number of hydrogen-bond donors (Lipinski definition) is 2. The molecule has 0 fully saturated rings. The second kappa shape index (κ2) is 6.74. The summed E-state index contributed by atoms with van der Waals surface area (Å²) < 4.78 is 0. The summed E-state index contributed by atoms with van der Waals surface area (Å²) in [6.07, 6.45) is 0.400. The van der Waals surface area contributed by atoms with E-state index in [9.17, 15) is 5.11 Å². The van der Waals surface area contributed by atoms with Crippen LogP contribution in [0.4, 0.5) is 5.69 Å². The molecule has 3 heteroatoms. The van der Waals surface area contributed by atoms with Gasteiger partial charge in [0.15, 0.2) is 0 Å². The molecule has 0 aromatic heterocycles. The highest BCUT2D eigenvalue weighted by atomic mass is 16.3. The molecule has 0 radical (unpaired) electrons. The Hall–Kier alpha value is -2.31. The molecule has 2 N–H and O–H groups in total. The van der Waals surface area contributed by atoms with Crippen molar-refractivity contribution in [2.45, 2.75) is 19.4 Å². The molecule has 20 heavy (non-hydrogen) atoms. The van der Waals surface area contributed by atoms with Crippen molar-refractivity contribution in [3.63, 3.8) is 0 Å². The number of para-hydroxylation sites is 1. The van der Waals surface area contributed by atoms with Crippen molar-refractivity contribution >= 4 is 5.69 Å². The van der Waals surface area contributed by atoms with Crippen molar-refractivity contribution in [2.24, 2.45) is 0 Å². The quantitative estimate of drug-likeness (QED) is 0.873. The summed E-state index contributed by atoms with van der Waals surface area (Å²) in [5.41, 5.74) is 3.47. The van der Waals surface area contributed by atoms with E-state index in [1.165, 1.54) is 5.56 Å². The molecule has 2 rings (SSSR count). The lowest BCUT2D eigenvalue weighted by Gasteiger charge is -2.14. The smallest absolute Gasteiger partial charge is 0.101 e. The highest BCUT2D eigenvalue weighted by Crippen LogP contribution is 2.18. The maximum Gasteiger partial charge on any atom is 0.101 e. The van der Waals surface area contributed by atoms with Crippen molar-refractivity contribution in [2.75, 3.05) is 11.9 Å². The van der Waals surface area contributed by atoms with Gasteiger partial charge >= 0.3 is 0 Å². The first-order valence-corrected chi connectivity index (χ1v) is 6.74. The molecule has 0 bridgehead atoms. The number of nitrogens with one attached hydrogen (secondary N) is 1. The fourth-order valence-electron chi connectivity index (χ4n) is 2.03. The fraction of sp³-hybridized carbons (Fsp3) is 0.235. The minimum absolute atomic E-state index is 0.379. The van der Waals surface area contributed by atoms with E-state index in [-0.39, 0.29) is 0 Å². The number of nitrogens with zero attached hydrogens (tertiary/aromatic N) is 1. The minimum atomic E-state index is -0.590. The maximum absolute atomic E-state index is 10.2. The molecule has 0 aliphatic carbocycles. The van der Waals surface area contributed by atoms with Gasteiger partial charge < -0.3 is 10.4 Å². The van der Waals surface area contributed by atoms with E-state index in [2.05, 4.69) is 18.3 Å². The Morgan fingerprint density at radius 1 is 1.15 bits per heavy atom. The van der Waals surface area contributed by atoms with Gasteiger partial charge in [-0.3, -0.25) is 0 Å². The van der Waals surface area contributed by atoms with Crippen LogP contribution in [-0.2, 0) is 6.42 Å². The molecule has 0 saturated heterocycles. The van der Waals surface area contributed by atoms with Gasteiger partial charge in [0, 0.05) is 6.54 Å². The third kappa shape index (κ3) is 3.37. The highest BCUT2D eigenvalue weighted by molar-refractivity contribution is 5.57. The predicted molar refractivity (Wildman–Crippen MR) is 80.4 cm³/mol. The molecule has 2 aromatic rings. The van der Waals surface area contributed by atoms with Crippen LogP contribution in [0.25, 0.3) is 0 Å². The van der Waals surface area contributed by atoms with E-state index in [1.807, 2.05) is 42.5 Å². The SMILES string of the molecule is CCc1ccc(C(O)CNc2ccccc2C#N)cc1. The molecule has 0 aliphatic rings. The largest absolute Gasteiger partial charge is 0.387 e. The van der Waals surface area contributed by atoms with Gasteiger partial charge in [0.2, 0.25) is 0 Å². The monoisotopic (exact) mass is 266 g/mol. The summed E-state index contributed by atoms with van der Waals surface area (Å²) in [6, 6.07) is 17.4. The lowest BCUT2D eigenvalue weighted by Crippen LogP contribution is -2.12. The number of aliphatic hydroxyl groups excluding tert-OH is 1. The first-order valence-electron chi connectivity index (χ1n) is 6.74. The topological polar surface area (TPSA) is 56.0 Å². The van der Waals surface area contributed by atoms with Crippen LogP contribution in [0.1, 0.15) is 29.7 Å². The van der Waals surface area contributed by atoms with E-state index in [1.54, 1.807) is 6.07 Å². The van der Waals surface area contributed by atoms with Crippen molar-refractivity contribution in [1.29, 1.82) is 5.26 Å². The number of aryl methyl sites for hydroxylation is 1. The van der Waals surface area contributed by atoms with Crippen LogP contribution in [0.5, 0.6) is 0 Å². The third-order valence-electron chi connectivity index (χ3n) is 3.31. The summed E-state index contributed by atoms with van der Waals surface area (Å²) in [5.74, 6) is 0. The van der Waals surface area contributed by atoms with Crippen LogP contribution in [-0.4, -0.2) is 11.7 Å². The van der Waals surface area contributed by atoms with Gasteiger partial charge in [-0.2, -0.15) is 5.26 Å². The standard InChI is InChI=1S/C17H18N2O/c1-2-13-7-9-14(10-8-13)17(20)12-19-16-6-4-3-5-15(16)11-18/h3-10,17,19-20H,2,12H2,1H3. The first kappa shape index (κ1) is 14.1. The molecular formula is C17H18N2O. The molecule has 3 nitrogen and oxygen atoms in total. The first-order chi connectivity index (χ1) is 9.74. The number of benzene rings is 2. The van der Waals surface area contributed by atoms with E-state index in [0.717, 1.165) is 17.7 Å². The lowest BCUT2D eigenvalue weighted by atomic mass is 10.1. The molecule has 0 amide bonds. The van der Waals surface area contributed by atoms with Crippen LogP contribution in [0.3, 0.4) is 0 Å². The summed E-state index contributed by atoms with van der Waals surface area (Å²) in [6.45, 7) is 2.48. The average Bonchev–Trinajstić information content (AvgIpc) is 2.53. The van der Waals surface area contributed by atoms with Crippen molar-refractivity contribution in [3.05, 3.63) is 65.2 Å². The molecule has 1 unspecified atom stereocenters. The van der Waals surface area contributed by atoms with Crippen molar-refractivity contribution < 1.29 is 5.11 Å². The van der Waals surface area contributed by atoms with Gasteiger partial charge in [-0.25, -0.2) is 0 Å². The van der Waals surface area contributed by atoms with Gasteiger partial charge in [-0.1, -0.05) is 43.3 Å². The van der Waals surface area contributed by atoms with Gasteiger partial charge in [0.05, 0.1) is 17.4 Å². The number of hydrogen-bond acceptors (Lipinski definition) is 3. The van der Waals surface area contributed by atoms with Gasteiger partial charge in [0.1, 0.15) is 6.07 Å². The molecule has 0 heterocycles. The molecule has 0 aliphatic heterocycles. The molecule has 0 spiro atoms. The van der Waals surface area contributed by atoms with Crippen molar-refractivity contribution in [3.8, 4) is 6.07 Å². The summed E-state index contributed by atoms with van der Waals surface area (Å²) >= 11 is 0. The Morgan fingerprint density at radius 2 is 1.85 bits per heavy atom. The van der Waals surface area contributed by atoms with Crippen LogP contribution in [0.15, 0.2) is 48.5 Å². The Kier molecular flexibility index (Phi) is 4.75. The predicted octanol–water partition coefficient (Wildman–Crippen LogP) is 3.27. The Morgan fingerprint density at radius 3 is 2.50 bits per heavy atom. The Bertz CT molecular complexity index is 599. The fourth-order valence-corrected chi connectivity index (χ4v) is 2.03. The minimum Gasteiger partial charge on any atom is -0.387 e. The summed E-state index contributed by atoms with van der Waals surface area (Å²) in [5, 5.41) is 22.3. The third-order valence-corrected chi connectivity index (χ3v) is 3.31. The van der Waals surface area contributed by atoms with Gasteiger partial charge in [-0.15, -0.1) is 0 Å². The second-order valence-electron chi connectivity index (χ2n) is 4.65. The van der Waals surface area contributed by atoms with Gasteiger partial charge in [0.25, 0.3) is 0 Å². The van der Waals surface area contributed by atoms with Crippen molar-refractivity contribution in [1.82, 2.24) is 0 Å². The maximum atomic E-state index is 10.2. The average molecular weight is 266 g/mol. The van der Waals surface area contributed by atoms with E-state index in [0.29, 0.717) is 12.1 Å². The van der Waals surface area contributed by atoms with Crippen LogP contribution in [0.2, 0.25) is 0 Å². The molecular weight excluding hydrogens is 248 g/mol. The zero-order chi connectivity index (χ0) is 14.4. The Balaban J connectivity index is 2.01. The Labute approximate surface area is 119 Å². The van der Waals surface area contributed by atoms with Crippen LogP contribution < -0.4 is 5.32 Å². The number of aliphatic hydroxyl groups is 1. The number of rotatable bonds is 5. The zero-order valence-corrected chi connectivity index (χ0v) is 11.5. The van der Waals surface area contributed by atoms with Crippen LogP contribution >= 0.6 is 0 Å². The van der Waals surface area contributed by atoms with E-state index in [4.69, 9.17) is 5.26 Å². The van der Waals surface area contributed by atoms with Crippen LogP contribution in [0, 0.1) is 11.3 Å². The normalized spacial score (nSPS) is 11.7. The van der Waals surface area contributed by atoms with Gasteiger partial charge in [-0.05, 0) is 29.7 Å². The zero-order valence-electron chi connectivity index (χ0n) is 11.5. The van der Waals surface area contributed by atoms with E-state index < -0.39 is 6.10 Å². The highest BCUT2D eigenvalue weighted by Gasteiger charge is 2.08. The molecule has 2 aromatic carbocycles. The lowest BCUT2D eigenvalue weighted by molar-refractivity contribution is 0.191. The summed E-state index contributed by atoms with van der Waals surface area (Å²) in [7, 11) is 0. The second-order valence-corrected chi connectivity index (χ2v) is 4.65. The molecule has 102 valence electrons. The van der Waals surface area contributed by atoms with E-state index >= 15 is 0 Å². The number of nitriles is 1. The number of anilines is 1.